The van der Waals surface area contributed by atoms with Crippen LogP contribution in [0.25, 0.3) is 0 Å². The van der Waals surface area contributed by atoms with Gasteiger partial charge in [0, 0.05) is 19.6 Å². The van der Waals surface area contributed by atoms with Gasteiger partial charge in [-0.1, -0.05) is 32.8 Å². The van der Waals surface area contributed by atoms with Crippen LogP contribution in [0.2, 0.25) is 0 Å². The van der Waals surface area contributed by atoms with Crippen molar-refractivity contribution in [3.05, 3.63) is 23.8 Å². The van der Waals surface area contributed by atoms with E-state index in [4.69, 9.17) is 9.47 Å². The molecule has 1 aromatic rings. The van der Waals surface area contributed by atoms with E-state index in [0.29, 0.717) is 30.8 Å². The third-order valence-corrected chi connectivity index (χ3v) is 6.98. The minimum Gasteiger partial charge on any atom is -0.504 e. The van der Waals surface area contributed by atoms with Crippen molar-refractivity contribution in [2.24, 2.45) is 11.3 Å². The third-order valence-electron chi connectivity index (χ3n) is 6.98. The Balaban J connectivity index is 1.38. The van der Waals surface area contributed by atoms with E-state index in [1.54, 1.807) is 17.0 Å². The predicted molar refractivity (Wildman–Crippen MR) is 113 cm³/mol. The molecule has 1 saturated heterocycles. The monoisotopic (exact) mass is 418 g/mol. The average molecular weight is 419 g/mol. The van der Waals surface area contributed by atoms with Crippen molar-refractivity contribution >= 4 is 12.0 Å². The van der Waals surface area contributed by atoms with E-state index in [-0.39, 0.29) is 29.8 Å². The van der Waals surface area contributed by atoms with Crippen LogP contribution in [0.3, 0.4) is 0 Å². The molecular weight excluding hydrogens is 384 g/mol. The fourth-order valence-electron chi connectivity index (χ4n) is 4.45. The molecule has 0 radical (unpaired) electrons. The maximum Gasteiger partial charge on any atom is 0.410 e. The molecule has 1 saturated carbocycles. The Hall–Kier alpha value is -2.44. The van der Waals surface area contributed by atoms with Crippen LogP contribution in [-0.2, 0) is 16.1 Å². The Morgan fingerprint density at radius 2 is 1.87 bits per heavy atom. The maximum absolute atomic E-state index is 12.4. The van der Waals surface area contributed by atoms with Gasteiger partial charge in [-0.25, -0.2) is 4.79 Å². The number of carbonyl (C=O) groups is 2. The molecule has 7 nitrogen and oxygen atoms in total. The zero-order chi connectivity index (χ0) is 21.7. The van der Waals surface area contributed by atoms with Gasteiger partial charge in [0.25, 0.3) is 0 Å². The second kappa shape index (κ2) is 9.58. The van der Waals surface area contributed by atoms with Crippen LogP contribution in [-0.4, -0.2) is 48.3 Å². The second-order valence-electron chi connectivity index (χ2n) is 8.62. The lowest BCUT2D eigenvalue weighted by Gasteiger charge is -2.41. The molecule has 2 aliphatic rings. The number of benzene rings is 1. The van der Waals surface area contributed by atoms with Gasteiger partial charge < -0.3 is 24.8 Å². The molecule has 1 aliphatic heterocycles. The van der Waals surface area contributed by atoms with Crippen molar-refractivity contribution in [1.29, 1.82) is 0 Å². The zero-order valence-electron chi connectivity index (χ0n) is 18.3. The Kier molecular flexibility index (Phi) is 7.10. The van der Waals surface area contributed by atoms with Crippen LogP contribution in [0, 0.1) is 11.3 Å². The molecule has 7 heteroatoms. The highest BCUT2D eigenvalue weighted by Crippen LogP contribution is 2.42. The normalized spacial score (nSPS) is 19.1. The van der Waals surface area contributed by atoms with Crippen molar-refractivity contribution in [2.45, 2.75) is 65.0 Å². The summed E-state index contributed by atoms with van der Waals surface area (Å²) in [4.78, 5) is 26.3. The summed E-state index contributed by atoms with van der Waals surface area (Å²) in [6.07, 6.45) is 6.17. The van der Waals surface area contributed by atoms with Crippen molar-refractivity contribution < 1.29 is 24.2 Å². The summed E-state index contributed by atoms with van der Waals surface area (Å²) in [7, 11) is 1.48. The number of methoxy groups -OCH3 is 1. The molecule has 0 aromatic heterocycles. The second-order valence-corrected chi connectivity index (χ2v) is 8.62. The van der Waals surface area contributed by atoms with E-state index in [1.807, 2.05) is 0 Å². The van der Waals surface area contributed by atoms with Gasteiger partial charge in [-0.05, 0) is 48.8 Å². The van der Waals surface area contributed by atoms with Crippen LogP contribution in [0.1, 0.15) is 57.9 Å². The molecule has 0 unspecified atom stereocenters. The molecule has 30 heavy (non-hydrogen) atoms. The first-order valence-corrected chi connectivity index (χ1v) is 11.0. The number of hydrogen-bond donors (Lipinski definition) is 2. The minimum absolute atomic E-state index is 0.000999. The Labute approximate surface area is 178 Å². The fourth-order valence-corrected chi connectivity index (χ4v) is 4.45. The highest BCUT2D eigenvalue weighted by atomic mass is 16.6. The standard InChI is InChI=1S/C23H34N2O5/c1-4-23(5-2)10-8-18(9-11-23)30-22(28)25-14-17(15-25)21(27)24-13-16-6-7-19(26)20(12-16)29-3/h6-7,12,17-18,26H,4-5,8-11,13-15H2,1-3H3,(H,24,27). The summed E-state index contributed by atoms with van der Waals surface area (Å²) in [6, 6.07) is 4.96. The molecule has 3 rings (SSSR count). The van der Waals surface area contributed by atoms with Crippen LogP contribution < -0.4 is 10.1 Å². The van der Waals surface area contributed by atoms with Crippen LogP contribution in [0.5, 0.6) is 11.5 Å². The number of aromatic hydroxyl groups is 1. The van der Waals surface area contributed by atoms with E-state index in [1.165, 1.54) is 26.0 Å². The van der Waals surface area contributed by atoms with E-state index < -0.39 is 0 Å². The van der Waals surface area contributed by atoms with Gasteiger partial charge in [-0.15, -0.1) is 0 Å². The molecule has 1 heterocycles. The predicted octanol–water partition coefficient (Wildman–Crippen LogP) is 3.83. The SMILES string of the molecule is CCC1(CC)CCC(OC(=O)N2CC(C(=O)NCc3ccc(O)c(OC)c3)C2)CC1. The van der Waals surface area contributed by atoms with E-state index >= 15 is 0 Å². The number of carbonyl (C=O) groups excluding carboxylic acids is 2. The number of phenolic OH excluding ortho intramolecular Hbond substituents is 1. The Bertz CT molecular complexity index is 746. The van der Waals surface area contributed by atoms with Gasteiger partial charge in [-0.2, -0.15) is 0 Å². The molecule has 2 fully saturated rings. The van der Waals surface area contributed by atoms with E-state index in [9.17, 15) is 14.7 Å². The van der Waals surface area contributed by atoms with Crippen LogP contribution in [0.15, 0.2) is 18.2 Å². The number of rotatable bonds is 7. The summed E-state index contributed by atoms with van der Waals surface area (Å²) in [5, 5.41) is 12.5. The first-order valence-electron chi connectivity index (χ1n) is 11.0. The molecule has 0 bridgehead atoms. The zero-order valence-corrected chi connectivity index (χ0v) is 18.3. The highest BCUT2D eigenvalue weighted by Gasteiger charge is 2.39. The molecule has 2 N–H and O–H groups in total. The smallest absolute Gasteiger partial charge is 0.410 e. The summed E-state index contributed by atoms with van der Waals surface area (Å²) < 4.78 is 10.8. The lowest BCUT2D eigenvalue weighted by atomic mass is 9.70. The van der Waals surface area contributed by atoms with Gasteiger partial charge >= 0.3 is 6.09 Å². The molecule has 1 aromatic carbocycles. The number of nitrogens with zero attached hydrogens (tertiary/aromatic N) is 1. The number of hydrogen-bond acceptors (Lipinski definition) is 5. The maximum atomic E-state index is 12.4. The Morgan fingerprint density at radius 1 is 1.20 bits per heavy atom. The molecule has 166 valence electrons. The summed E-state index contributed by atoms with van der Waals surface area (Å²) in [6.45, 7) is 5.63. The van der Waals surface area contributed by atoms with Gasteiger partial charge in [0.2, 0.25) is 5.91 Å². The lowest BCUT2D eigenvalue weighted by Crippen LogP contribution is -2.56. The van der Waals surface area contributed by atoms with Crippen molar-refractivity contribution in [2.75, 3.05) is 20.2 Å². The lowest BCUT2D eigenvalue weighted by molar-refractivity contribution is -0.129. The largest absolute Gasteiger partial charge is 0.504 e. The summed E-state index contributed by atoms with van der Waals surface area (Å²) in [5.41, 5.74) is 1.26. The molecule has 0 spiro atoms. The summed E-state index contributed by atoms with van der Waals surface area (Å²) in [5.74, 6) is 0.140. The highest BCUT2D eigenvalue weighted by molar-refractivity contribution is 5.82. The van der Waals surface area contributed by atoms with Crippen LogP contribution >= 0.6 is 0 Å². The van der Waals surface area contributed by atoms with Crippen molar-refractivity contribution in [3.8, 4) is 11.5 Å². The Morgan fingerprint density at radius 3 is 2.47 bits per heavy atom. The van der Waals surface area contributed by atoms with Crippen molar-refractivity contribution in [3.63, 3.8) is 0 Å². The number of phenols is 1. The number of likely N-dealkylation sites (tertiary alicyclic amines) is 1. The van der Waals surface area contributed by atoms with E-state index in [0.717, 1.165) is 31.2 Å². The number of ether oxygens (including phenoxy) is 2. The minimum atomic E-state index is -0.298. The average Bonchev–Trinajstić information content (AvgIpc) is 2.73. The number of amides is 2. The number of nitrogens with one attached hydrogen (secondary N) is 1. The van der Waals surface area contributed by atoms with E-state index in [2.05, 4.69) is 19.2 Å². The fraction of sp³-hybridized carbons (Fsp3) is 0.652. The summed E-state index contributed by atoms with van der Waals surface area (Å²) >= 11 is 0. The van der Waals surface area contributed by atoms with Gasteiger partial charge in [0.15, 0.2) is 11.5 Å². The third kappa shape index (κ3) is 4.99. The molecular formula is C23H34N2O5. The molecule has 0 atom stereocenters. The first-order chi connectivity index (χ1) is 14.4. The molecule has 1 aliphatic carbocycles. The topological polar surface area (TPSA) is 88.1 Å². The van der Waals surface area contributed by atoms with Gasteiger partial charge in [0.05, 0.1) is 13.0 Å². The van der Waals surface area contributed by atoms with Crippen molar-refractivity contribution in [1.82, 2.24) is 10.2 Å². The molecule has 2 amide bonds. The van der Waals surface area contributed by atoms with Crippen LogP contribution in [0.4, 0.5) is 4.79 Å². The van der Waals surface area contributed by atoms with Gasteiger partial charge in [-0.3, -0.25) is 4.79 Å². The first kappa shape index (κ1) is 22.2. The van der Waals surface area contributed by atoms with Gasteiger partial charge in [0.1, 0.15) is 6.10 Å². The quantitative estimate of drug-likeness (QED) is 0.703.